The Hall–Kier alpha value is -1.42. The SMILES string of the molecule is C/C=C/C1CCC(C2CCC(C3CCC(C4CCC(c5ccc(OCCC)c(F)c5F)CC4)CC3)CC2)OC1. The fraction of sp³-hybridized carbons (Fsp3) is 0.771. The molecule has 0 N–H and O–H groups in total. The molecular weight excluding hydrogens is 490 g/mol. The summed E-state index contributed by atoms with van der Waals surface area (Å²) in [6.45, 7) is 5.42. The highest BCUT2D eigenvalue weighted by Crippen LogP contribution is 2.48. The van der Waals surface area contributed by atoms with Gasteiger partial charge in [-0.05, 0) is 150 Å². The van der Waals surface area contributed by atoms with Crippen LogP contribution in [0.3, 0.4) is 0 Å². The van der Waals surface area contributed by atoms with Crippen molar-refractivity contribution in [1.82, 2.24) is 0 Å². The highest BCUT2D eigenvalue weighted by atomic mass is 19.2. The molecule has 1 aromatic carbocycles. The first kappa shape index (κ1) is 29.1. The molecule has 0 bridgehead atoms. The molecule has 0 aromatic heterocycles. The predicted octanol–water partition coefficient (Wildman–Crippen LogP) is 10.0. The zero-order valence-electron chi connectivity index (χ0n) is 24.5. The Morgan fingerprint density at radius 3 is 1.82 bits per heavy atom. The molecule has 39 heavy (non-hydrogen) atoms. The molecular formula is C35H52F2O2. The minimum absolute atomic E-state index is 0.0533. The van der Waals surface area contributed by atoms with Crippen LogP contribution in [0.1, 0.15) is 122 Å². The van der Waals surface area contributed by atoms with Crippen LogP contribution in [0.5, 0.6) is 5.75 Å². The van der Waals surface area contributed by atoms with E-state index >= 15 is 0 Å². The Morgan fingerprint density at radius 1 is 0.744 bits per heavy atom. The Morgan fingerprint density at radius 2 is 1.31 bits per heavy atom. The molecule has 1 saturated heterocycles. The van der Waals surface area contributed by atoms with Gasteiger partial charge in [-0.3, -0.25) is 0 Å². The van der Waals surface area contributed by atoms with Crippen LogP contribution < -0.4 is 4.74 Å². The topological polar surface area (TPSA) is 18.5 Å². The Kier molecular flexibility index (Phi) is 10.4. The molecule has 1 heterocycles. The largest absolute Gasteiger partial charge is 0.490 e. The van der Waals surface area contributed by atoms with E-state index in [-0.39, 0.29) is 11.7 Å². The Bertz CT molecular complexity index is 913. The molecule has 4 heteroatoms. The van der Waals surface area contributed by atoms with Crippen molar-refractivity contribution in [3.63, 3.8) is 0 Å². The van der Waals surface area contributed by atoms with Gasteiger partial charge in [0, 0.05) is 5.92 Å². The molecule has 1 aromatic rings. The van der Waals surface area contributed by atoms with Gasteiger partial charge in [0.1, 0.15) is 0 Å². The average Bonchev–Trinajstić information content (AvgIpc) is 2.99. The smallest absolute Gasteiger partial charge is 0.200 e. The van der Waals surface area contributed by atoms with Crippen molar-refractivity contribution >= 4 is 0 Å². The summed E-state index contributed by atoms with van der Waals surface area (Å²) in [6, 6.07) is 3.40. The molecule has 4 fully saturated rings. The monoisotopic (exact) mass is 542 g/mol. The number of ether oxygens (including phenoxy) is 2. The molecule has 218 valence electrons. The van der Waals surface area contributed by atoms with Crippen molar-refractivity contribution in [3.05, 3.63) is 41.5 Å². The summed E-state index contributed by atoms with van der Waals surface area (Å²) in [5.41, 5.74) is 0.561. The fourth-order valence-corrected chi connectivity index (χ4v) is 8.75. The molecule has 2 atom stereocenters. The van der Waals surface area contributed by atoms with E-state index in [9.17, 15) is 8.78 Å². The molecule has 3 aliphatic carbocycles. The first-order chi connectivity index (χ1) is 19.1. The molecule has 0 radical (unpaired) electrons. The lowest BCUT2D eigenvalue weighted by atomic mass is 9.64. The second-order valence-electron chi connectivity index (χ2n) is 13.3. The molecule has 3 saturated carbocycles. The normalized spacial score (nSPS) is 36.2. The van der Waals surface area contributed by atoms with E-state index in [1.807, 2.05) is 6.92 Å². The van der Waals surface area contributed by atoms with Crippen molar-refractivity contribution < 1.29 is 18.3 Å². The van der Waals surface area contributed by atoms with E-state index in [1.165, 1.54) is 64.2 Å². The standard InChI is InChI=1S/C35H52F2O2/c1-3-5-24-6-20-32(39-23-24)30-17-13-28(14-18-30)26-9-7-25(8-10-26)27-11-15-29(16-12-27)31-19-21-33(38-22-4-2)35(37)34(31)36/h3,5,19,21,24-30,32H,4,6-18,20,22-23H2,1-2H3/b5-3+. The van der Waals surface area contributed by atoms with E-state index in [2.05, 4.69) is 19.1 Å². The van der Waals surface area contributed by atoms with Gasteiger partial charge in [0.15, 0.2) is 11.6 Å². The van der Waals surface area contributed by atoms with Crippen LogP contribution in [0.4, 0.5) is 8.78 Å². The van der Waals surface area contributed by atoms with Crippen LogP contribution in [0, 0.1) is 47.1 Å². The first-order valence-electron chi connectivity index (χ1n) is 16.4. The molecule has 4 aliphatic rings. The second-order valence-corrected chi connectivity index (χ2v) is 13.3. The van der Waals surface area contributed by atoms with E-state index in [0.29, 0.717) is 24.2 Å². The molecule has 2 nitrogen and oxygen atoms in total. The van der Waals surface area contributed by atoms with Crippen LogP contribution in [-0.4, -0.2) is 19.3 Å². The highest BCUT2D eigenvalue weighted by molar-refractivity contribution is 5.33. The van der Waals surface area contributed by atoms with E-state index in [4.69, 9.17) is 9.47 Å². The second kappa shape index (κ2) is 14.0. The van der Waals surface area contributed by atoms with Gasteiger partial charge in [0.05, 0.1) is 19.3 Å². The van der Waals surface area contributed by atoms with Gasteiger partial charge in [-0.15, -0.1) is 0 Å². The number of hydrogen-bond donors (Lipinski definition) is 0. The van der Waals surface area contributed by atoms with Crippen LogP contribution in [0.25, 0.3) is 0 Å². The number of allylic oxidation sites excluding steroid dienone is 1. The average molecular weight is 543 g/mol. The minimum atomic E-state index is -0.806. The molecule has 1 aliphatic heterocycles. The van der Waals surface area contributed by atoms with Gasteiger partial charge < -0.3 is 9.47 Å². The van der Waals surface area contributed by atoms with E-state index in [0.717, 1.165) is 68.3 Å². The lowest BCUT2D eigenvalue weighted by molar-refractivity contribution is -0.0521. The summed E-state index contributed by atoms with van der Waals surface area (Å²) < 4.78 is 41.1. The lowest BCUT2D eigenvalue weighted by Gasteiger charge is -2.43. The Balaban J connectivity index is 1.03. The fourth-order valence-electron chi connectivity index (χ4n) is 8.75. The van der Waals surface area contributed by atoms with Gasteiger partial charge in [0.25, 0.3) is 0 Å². The first-order valence-corrected chi connectivity index (χ1v) is 16.4. The van der Waals surface area contributed by atoms with Crippen molar-refractivity contribution in [2.75, 3.05) is 13.2 Å². The Labute approximate surface area is 236 Å². The summed E-state index contributed by atoms with van der Waals surface area (Å²) in [6.07, 6.45) is 23.8. The van der Waals surface area contributed by atoms with Crippen molar-refractivity contribution in [1.29, 1.82) is 0 Å². The molecule has 2 unspecified atom stereocenters. The van der Waals surface area contributed by atoms with Crippen LogP contribution in [-0.2, 0) is 4.74 Å². The highest BCUT2D eigenvalue weighted by Gasteiger charge is 2.37. The van der Waals surface area contributed by atoms with Crippen LogP contribution in [0.2, 0.25) is 0 Å². The van der Waals surface area contributed by atoms with Gasteiger partial charge in [0.2, 0.25) is 5.82 Å². The number of rotatable bonds is 8. The molecule has 0 amide bonds. The number of halogens is 2. The van der Waals surface area contributed by atoms with Gasteiger partial charge in [-0.2, -0.15) is 4.39 Å². The number of benzene rings is 1. The third-order valence-electron chi connectivity index (χ3n) is 11.1. The van der Waals surface area contributed by atoms with Crippen LogP contribution in [0.15, 0.2) is 24.3 Å². The van der Waals surface area contributed by atoms with Crippen LogP contribution >= 0.6 is 0 Å². The quantitative estimate of drug-likeness (QED) is 0.304. The zero-order chi connectivity index (χ0) is 27.2. The summed E-state index contributed by atoms with van der Waals surface area (Å²) >= 11 is 0. The van der Waals surface area contributed by atoms with Crippen molar-refractivity contribution in [2.45, 2.75) is 122 Å². The maximum Gasteiger partial charge on any atom is 0.200 e. The predicted molar refractivity (Wildman–Crippen MR) is 155 cm³/mol. The van der Waals surface area contributed by atoms with Crippen molar-refractivity contribution in [2.24, 2.45) is 35.5 Å². The van der Waals surface area contributed by atoms with E-state index in [1.54, 1.807) is 12.1 Å². The van der Waals surface area contributed by atoms with E-state index < -0.39 is 11.6 Å². The molecule has 5 rings (SSSR count). The third kappa shape index (κ3) is 7.08. The maximum atomic E-state index is 14.9. The summed E-state index contributed by atoms with van der Waals surface area (Å²) in [4.78, 5) is 0. The van der Waals surface area contributed by atoms with Gasteiger partial charge in [-0.1, -0.05) is 25.1 Å². The summed E-state index contributed by atoms with van der Waals surface area (Å²) in [7, 11) is 0. The summed E-state index contributed by atoms with van der Waals surface area (Å²) in [5, 5.41) is 0. The number of hydrogen-bond acceptors (Lipinski definition) is 2. The summed E-state index contributed by atoms with van der Waals surface area (Å²) in [5.74, 6) is 3.59. The third-order valence-corrected chi connectivity index (χ3v) is 11.1. The minimum Gasteiger partial charge on any atom is -0.490 e. The van der Waals surface area contributed by atoms with Gasteiger partial charge in [-0.25, -0.2) is 4.39 Å². The molecule has 0 spiro atoms. The lowest BCUT2D eigenvalue weighted by Crippen LogP contribution is -2.35. The van der Waals surface area contributed by atoms with Crippen molar-refractivity contribution in [3.8, 4) is 5.75 Å². The zero-order valence-corrected chi connectivity index (χ0v) is 24.5. The van der Waals surface area contributed by atoms with Gasteiger partial charge >= 0.3 is 0 Å². The maximum absolute atomic E-state index is 14.9.